The van der Waals surface area contributed by atoms with Gasteiger partial charge in [0.15, 0.2) is 0 Å². The number of para-hydroxylation sites is 1. The highest BCUT2D eigenvalue weighted by Gasteiger charge is 2.20. The Hall–Kier alpha value is -1.56. The maximum atomic E-state index is 12.4. The third kappa shape index (κ3) is 3.37. The first-order valence-corrected chi connectivity index (χ1v) is 8.68. The van der Waals surface area contributed by atoms with Gasteiger partial charge in [-0.05, 0) is 62.2 Å². The van der Waals surface area contributed by atoms with Gasteiger partial charge in [0.2, 0.25) is 0 Å². The fourth-order valence-corrected chi connectivity index (χ4v) is 4.32. The van der Waals surface area contributed by atoms with Crippen LogP contribution in [-0.2, 0) is 10.0 Å². The van der Waals surface area contributed by atoms with Crippen LogP contribution in [0.1, 0.15) is 5.56 Å². The molecule has 8 heteroatoms. The molecule has 0 spiro atoms. The minimum absolute atomic E-state index is 0.0183. The average molecular weight is 431 g/mol. The van der Waals surface area contributed by atoms with Crippen molar-refractivity contribution in [3.63, 3.8) is 0 Å². The molecule has 0 saturated heterocycles. The van der Waals surface area contributed by atoms with Crippen molar-refractivity contribution in [3.05, 3.63) is 50.9 Å². The van der Waals surface area contributed by atoms with Crippen molar-refractivity contribution in [2.24, 2.45) is 0 Å². The molecule has 0 atom stereocenters. The van der Waals surface area contributed by atoms with Gasteiger partial charge in [-0.1, -0.05) is 6.07 Å². The molecule has 0 saturated carbocycles. The molecule has 0 heterocycles. The van der Waals surface area contributed by atoms with E-state index in [0.29, 0.717) is 20.2 Å². The van der Waals surface area contributed by atoms with E-state index in [1.807, 2.05) is 6.07 Å². The number of nitrogens with one attached hydrogen (secondary N) is 1. The minimum atomic E-state index is -3.86. The molecule has 0 aliphatic carbocycles. The third-order valence-electron chi connectivity index (χ3n) is 2.63. The van der Waals surface area contributed by atoms with Crippen LogP contribution < -0.4 is 10.5 Å². The van der Waals surface area contributed by atoms with E-state index in [-0.39, 0.29) is 10.6 Å². The summed E-state index contributed by atoms with van der Waals surface area (Å²) in [6.45, 7) is 0. The number of anilines is 2. The molecule has 0 unspecified atom stereocenters. The van der Waals surface area contributed by atoms with Gasteiger partial charge >= 0.3 is 0 Å². The molecule has 5 nitrogen and oxygen atoms in total. The summed E-state index contributed by atoms with van der Waals surface area (Å²) in [5.74, 6) is 0. The van der Waals surface area contributed by atoms with Crippen LogP contribution in [-0.4, -0.2) is 8.42 Å². The molecule has 0 aromatic heterocycles. The summed E-state index contributed by atoms with van der Waals surface area (Å²) in [5.41, 5.74) is 6.41. The fourth-order valence-electron chi connectivity index (χ4n) is 1.65. The Labute approximate surface area is 139 Å². The standard InChI is InChI=1S/C13H9Br2N3O2S/c14-9-2-1-3-10(15)13(9)18-21(19,20)12-5-4-8(7-16)6-11(12)17/h1-6,18H,17H2. The van der Waals surface area contributed by atoms with E-state index >= 15 is 0 Å². The molecule has 108 valence electrons. The van der Waals surface area contributed by atoms with Crippen LogP contribution >= 0.6 is 31.9 Å². The summed E-state index contributed by atoms with van der Waals surface area (Å²) in [6.07, 6.45) is 0. The fraction of sp³-hybridized carbons (Fsp3) is 0. The second kappa shape index (κ2) is 6.05. The molecule has 0 radical (unpaired) electrons. The number of hydrogen-bond donors (Lipinski definition) is 2. The first-order chi connectivity index (χ1) is 9.85. The second-order valence-electron chi connectivity index (χ2n) is 4.07. The lowest BCUT2D eigenvalue weighted by molar-refractivity contribution is 0.601. The van der Waals surface area contributed by atoms with E-state index in [4.69, 9.17) is 11.0 Å². The van der Waals surface area contributed by atoms with Crippen molar-refractivity contribution in [1.82, 2.24) is 0 Å². The number of benzene rings is 2. The van der Waals surface area contributed by atoms with Crippen LogP contribution in [0.15, 0.2) is 50.2 Å². The van der Waals surface area contributed by atoms with E-state index in [0.717, 1.165) is 0 Å². The molecule has 0 aliphatic heterocycles. The SMILES string of the molecule is N#Cc1ccc(S(=O)(=O)Nc2c(Br)cccc2Br)c(N)c1. The summed E-state index contributed by atoms with van der Waals surface area (Å²) in [7, 11) is -3.86. The topological polar surface area (TPSA) is 96.0 Å². The Morgan fingerprint density at radius 1 is 1.14 bits per heavy atom. The Morgan fingerprint density at radius 2 is 1.76 bits per heavy atom. The van der Waals surface area contributed by atoms with Gasteiger partial charge in [-0.15, -0.1) is 0 Å². The van der Waals surface area contributed by atoms with E-state index in [1.165, 1.54) is 18.2 Å². The monoisotopic (exact) mass is 429 g/mol. The number of hydrogen-bond acceptors (Lipinski definition) is 4. The normalized spacial score (nSPS) is 10.9. The zero-order valence-electron chi connectivity index (χ0n) is 10.5. The maximum Gasteiger partial charge on any atom is 0.264 e. The molecule has 0 bridgehead atoms. The van der Waals surface area contributed by atoms with Crippen LogP contribution in [0.25, 0.3) is 0 Å². The van der Waals surface area contributed by atoms with E-state index < -0.39 is 10.0 Å². The number of nitriles is 1. The quantitative estimate of drug-likeness (QED) is 0.728. The molecular weight excluding hydrogens is 422 g/mol. The average Bonchev–Trinajstić information content (AvgIpc) is 2.42. The molecule has 21 heavy (non-hydrogen) atoms. The van der Waals surface area contributed by atoms with Crippen molar-refractivity contribution in [2.75, 3.05) is 10.5 Å². The van der Waals surface area contributed by atoms with Crippen LogP contribution in [0.2, 0.25) is 0 Å². The van der Waals surface area contributed by atoms with Crippen LogP contribution in [0, 0.1) is 11.3 Å². The zero-order chi connectivity index (χ0) is 15.6. The van der Waals surface area contributed by atoms with Gasteiger partial charge in [0, 0.05) is 8.95 Å². The van der Waals surface area contributed by atoms with Gasteiger partial charge in [0.1, 0.15) is 4.90 Å². The predicted molar refractivity (Wildman–Crippen MR) is 88.2 cm³/mol. The molecular formula is C13H9Br2N3O2S. The molecule has 0 fully saturated rings. The smallest absolute Gasteiger partial charge is 0.264 e. The first kappa shape index (κ1) is 15.8. The zero-order valence-corrected chi connectivity index (χ0v) is 14.5. The molecule has 0 amide bonds. The molecule has 2 aromatic carbocycles. The van der Waals surface area contributed by atoms with Gasteiger partial charge in [-0.2, -0.15) is 5.26 Å². The Kier molecular flexibility index (Phi) is 4.56. The number of nitrogens with two attached hydrogens (primary N) is 1. The Balaban J connectivity index is 2.47. The lowest BCUT2D eigenvalue weighted by Crippen LogP contribution is -2.15. The van der Waals surface area contributed by atoms with Crippen molar-refractivity contribution < 1.29 is 8.42 Å². The highest BCUT2D eigenvalue weighted by Crippen LogP contribution is 2.33. The van der Waals surface area contributed by atoms with E-state index in [1.54, 1.807) is 18.2 Å². The summed E-state index contributed by atoms with van der Waals surface area (Å²) in [6, 6.07) is 11.1. The van der Waals surface area contributed by atoms with Gasteiger partial charge in [-0.3, -0.25) is 4.72 Å². The number of sulfonamides is 1. The van der Waals surface area contributed by atoms with Crippen LogP contribution in [0.3, 0.4) is 0 Å². The molecule has 2 aromatic rings. The Bertz CT molecular complexity index is 825. The van der Waals surface area contributed by atoms with E-state index in [9.17, 15) is 8.42 Å². The molecule has 3 N–H and O–H groups in total. The third-order valence-corrected chi connectivity index (χ3v) is 5.37. The van der Waals surface area contributed by atoms with Crippen LogP contribution in [0.5, 0.6) is 0 Å². The highest BCUT2D eigenvalue weighted by atomic mass is 79.9. The first-order valence-electron chi connectivity index (χ1n) is 5.61. The number of halogens is 2. The largest absolute Gasteiger partial charge is 0.398 e. The van der Waals surface area contributed by atoms with Gasteiger partial charge in [0.05, 0.1) is 23.0 Å². The second-order valence-corrected chi connectivity index (χ2v) is 7.43. The number of nitrogen functional groups attached to an aromatic ring is 1. The molecule has 2 rings (SSSR count). The number of nitrogens with zero attached hydrogens (tertiary/aromatic N) is 1. The summed E-state index contributed by atoms with van der Waals surface area (Å²) >= 11 is 6.56. The van der Waals surface area contributed by atoms with Crippen molar-refractivity contribution in [1.29, 1.82) is 5.26 Å². The predicted octanol–water partition coefficient (Wildman–Crippen LogP) is 3.47. The Morgan fingerprint density at radius 3 is 2.29 bits per heavy atom. The van der Waals surface area contributed by atoms with Crippen molar-refractivity contribution >= 4 is 53.3 Å². The summed E-state index contributed by atoms with van der Waals surface area (Å²) in [5, 5.41) is 8.78. The maximum absolute atomic E-state index is 12.4. The number of rotatable bonds is 3. The van der Waals surface area contributed by atoms with Crippen molar-refractivity contribution in [2.45, 2.75) is 4.90 Å². The molecule has 0 aliphatic rings. The van der Waals surface area contributed by atoms with E-state index in [2.05, 4.69) is 36.6 Å². The summed E-state index contributed by atoms with van der Waals surface area (Å²) in [4.78, 5) is -0.0795. The van der Waals surface area contributed by atoms with Crippen molar-refractivity contribution in [3.8, 4) is 6.07 Å². The summed E-state index contributed by atoms with van der Waals surface area (Å²) < 4.78 is 28.5. The van der Waals surface area contributed by atoms with Gasteiger partial charge in [0.25, 0.3) is 10.0 Å². The van der Waals surface area contributed by atoms with Gasteiger partial charge < -0.3 is 5.73 Å². The lowest BCUT2D eigenvalue weighted by Gasteiger charge is -2.13. The highest BCUT2D eigenvalue weighted by molar-refractivity contribution is 9.11. The van der Waals surface area contributed by atoms with Crippen LogP contribution in [0.4, 0.5) is 11.4 Å². The minimum Gasteiger partial charge on any atom is -0.398 e. The van der Waals surface area contributed by atoms with Gasteiger partial charge in [-0.25, -0.2) is 8.42 Å². The lowest BCUT2D eigenvalue weighted by atomic mass is 10.2.